The number of carbonyl (C=O) groups is 2. The van der Waals surface area contributed by atoms with Crippen LogP contribution in [0.3, 0.4) is 0 Å². The van der Waals surface area contributed by atoms with Gasteiger partial charge in [-0.2, -0.15) is 0 Å². The Balaban J connectivity index is 1.64. The van der Waals surface area contributed by atoms with E-state index in [-0.39, 0.29) is 26.4 Å². The fraction of sp³-hybridized carbons (Fsp3) is 0.920. The standard InChI is InChI=1S/C25H44N2O6/c1-23(2,3)32-20(28)13-30-15-25(16-31-14-21(29)33-24(4,5)6)26-18-11-7-9-17-10-8-12-19(27-25)22(17)18/h17-19,22,26-27H,7-16H2,1-6H3. The number of hydrogen-bond acceptors (Lipinski definition) is 8. The van der Waals surface area contributed by atoms with E-state index in [1.807, 2.05) is 41.5 Å². The first-order chi connectivity index (χ1) is 15.4. The molecule has 1 aliphatic heterocycles. The monoisotopic (exact) mass is 468 g/mol. The molecule has 0 spiro atoms. The van der Waals surface area contributed by atoms with E-state index in [9.17, 15) is 9.59 Å². The van der Waals surface area contributed by atoms with Crippen LogP contribution in [-0.2, 0) is 28.5 Å². The van der Waals surface area contributed by atoms with Crippen LogP contribution in [0.5, 0.6) is 0 Å². The Morgan fingerprint density at radius 1 is 0.758 bits per heavy atom. The molecule has 8 heteroatoms. The molecule has 3 aliphatic rings. The van der Waals surface area contributed by atoms with Crippen LogP contribution >= 0.6 is 0 Å². The lowest BCUT2D eigenvalue weighted by molar-refractivity contribution is -0.164. The Bertz CT molecular complexity index is 627. The van der Waals surface area contributed by atoms with Gasteiger partial charge in [-0.15, -0.1) is 0 Å². The molecule has 2 N–H and O–H groups in total. The van der Waals surface area contributed by atoms with Crippen LogP contribution in [0.2, 0.25) is 0 Å². The smallest absolute Gasteiger partial charge is 0.332 e. The summed E-state index contributed by atoms with van der Waals surface area (Å²) in [5, 5.41) is 7.55. The molecule has 8 nitrogen and oxygen atoms in total. The second kappa shape index (κ2) is 10.6. The molecule has 3 rings (SSSR count). The lowest BCUT2D eigenvalue weighted by Crippen LogP contribution is -2.76. The molecule has 2 aliphatic carbocycles. The third-order valence-electron chi connectivity index (χ3n) is 6.55. The molecule has 33 heavy (non-hydrogen) atoms. The Morgan fingerprint density at radius 3 is 1.58 bits per heavy atom. The Morgan fingerprint density at radius 2 is 1.18 bits per heavy atom. The van der Waals surface area contributed by atoms with Crippen molar-refractivity contribution in [2.24, 2.45) is 11.8 Å². The van der Waals surface area contributed by atoms with Gasteiger partial charge in [0, 0.05) is 12.1 Å². The van der Waals surface area contributed by atoms with Gasteiger partial charge in [-0.25, -0.2) is 9.59 Å². The van der Waals surface area contributed by atoms with Gasteiger partial charge >= 0.3 is 11.9 Å². The molecule has 1 heterocycles. The second-order valence-corrected chi connectivity index (χ2v) is 11.9. The van der Waals surface area contributed by atoms with Crippen molar-refractivity contribution in [3.63, 3.8) is 0 Å². The number of carbonyl (C=O) groups excluding carboxylic acids is 2. The Labute approximate surface area is 198 Å². The zero-order chi connectivity index (χ0) is 24.3. The first-order valence-corrected chi connectivity index (χ1v) is 12.5. The molecule has 2 atom stereocenters. The fourth-order valence-corrected chi connectivity index (χ4v) is 5.71. The Hall–Kier alpha value is -1.22. The van der Waals surface area contributed by atoms with E-state index in [0.29, 0.717) is 18.0 Å². The van der Waals surface area contributed by atoms with Crippen LogP contribution in [0.1, 0.15) is 80.1 Å². The van der Waals surface area contributed by atoms with E-state index >= 15 is 0 Å². The predicted molar refractivity (Wildman–Crippen MR) is 125 cm³/mol. The predicted octanol–water partition coefficient (Wildman–Crippen LogP) is 2.93. The maximum atomic E-state index is 12.2. The lowest BCUT2D eigenvalue weighted by atomic mass is 9.64. The van der Waals surface area contributed by atoms with Crippen molar-refractivity contribution >= 4 is 11.9 Å². The van der Waals surface area contributed by atoms with Crippen LogP contribution in [-0.4, -0.2) is 67.3 Å². The topological polar surface area (TPSA) is 95.1 Å². The molecule has 0 amide bonds. The summed E-state index contributed by atoms with van der Waals surface area (Å²) in [6, 6.07) is 0.760. The molecule has 0 bridgehead atoms. The summed E-state index contributed by atoms with van der Waals surface area (Å²) >= 11 is 0. The number of nitrogens with one attached hydrogen (secondary N) is 2. The third-order valence-corrected chi connectivity index (χ3v) is 6.55. The number of rotatable bonds is 8. The van der Waals surface area contributed by atoms with Gasteiger partial charge in [0.2, 0.25) is 0 Å². The van der Waals surface area contributed by atoms with Crippen LogP contribution in [0.25, 0.3) is 0 Å². The van der Waals surface area contributed by atoms with Gasteiger partial charge in [-0.05, 0) is 66.2 Å². The molecule has 2 unspecified atom stereocenters. The molecule has 0 aromatic heterocycles. The highest BCUT2D eigenvalue weighted by Crippen LogP contribution is 2.43. The summed E-state index contributed by atoms with van der Waals surface area (Å²) in [6.07, 6.45) is 7.30. The summed E-state index contributed by atoms with van der Waals surface area (Å²) in [6.45, 7) is 11.2. The quantitative estimate of drug-likeness (QED) is 0.525. The van der Waals surface area contributed by atoms with Crippen molar-refractivity contribution in [3.8, 4) is 0 Å². The van der Waals surface area contributed by atoms with Crippen molar-refractivity contribution in [2.45, 2.75) is 109 Å². The van der Waals surface area contributed by atoms with Gasteiger partial charge in [-0.1, -0.05) is 25.7 Å². The third kappa shape index (κ3) is 7.91. The van der Waals surface area contributed by atoms with Gasteiger partial charge in [0.15, 0.2) is 0 Å². The first kappa shape index (κ1) is 26.4. The summed E-state index contributed by atoms with van der Waals surface area (Å²) < 4.78 is 22.4. The maximum Gasteiger partial charge on any atom is 0.332 e. The van der Waals surface area contributed by atoms with E-state index in [0.717, 1.165) is 18.8 Å². The molecule has 3 fully saturated rings. The van der Waals surface area contributed by atoms with Crippen molar-refractivity contribution in [1.29, 1.82) is 0 Å². The van der Waals surface area contributed by atoms with Crippen LogP contribution in [0.15, 0.2) is 0 Å². The molecular formula is C25H44N2O6. The van der Waals surface area contributed by atoms with E-state index in [1.165, 1.54) is 25.7 Å². The molecule has 1 saturated heterocycles. The average Bonchev–Trinajstić information content (AvgIpc) is 2.65. The van der Waals surface area contributed by atoms with Crippen molar-refractivity contribution < 1.29 is 28.5 Å². The lowest BCUT2D eigenvalue weighted by Gasteiger charge is -2.56. The van der Waals surface area contributed by atoms with Crippen LogP contribution < -0.4 is 10.6 Å². The fourth-order valence-electron chi connectivity index (χ4n) is 5.71. The average molecular weight is 469 g/mol. The zero-order valence-electron chi connectivity index (χ0n) is 21.3. The highest BCUT2D eigenvalue weighted by Gasteiger charge is 2.50. The Kier molecular flexibility index (Phi) is 8.46. The van der Waals surface area contributed by atoms with Gasteiger partial charge in [-0.3, -0.25) is 10.6 Å². The van der Waals surface area contributed by atoms with Crippen molar-refractivity contribution in [1.82, 2.24) is 10.6 Å². The van der Waals surface area contributed by atoms with Gasteiger partial charge < -0.3 is 18.9 Å². The van der Waals surface area contributed by atoms with Crippen molar-refractivity contribution in [3.05, 3.63) is 0 Å². The van der Waals surface area contributed by atoms with Gasteiger partial charge in [0.1, 0.15) is 30.1 Å². The molecule has 0 radical (unpaired) electrons. The summed E-state index contributed by atoms with van der Waals surface area (Å²) in [5.74, 6) is 0.580. The SMILES string of the molecule is CC(C)(C)OC(=O)COCC1(COCC(=O)OC(C)(C)C)NC2CCCC3CCCC(N1)C32. The highest BCUT2D eigenvalue weighted by atomic mass is 16.6. The molecule has 0 aromatic rings. The van der Waals surface area contributed by atoms with E-state index in [2.05, 4.69) is 10.6 Å². The molecule has 2 saturated carbocycles. The van der Waals surface area contributed by atoms with Gasteiger partial charge in [0.25, 0.3) is 0 Å². The van der Waals surface area contributed by atoms with Crippen LogP contribution in [0.4, 0.5) is 0 Å². The minimum Gasteiger partial charge on any atom is -0.458 e. The van der Waals surface area contributed by atoms with E-state index < -0.39 is 28.8 Å². The van der Waals surface area contributed by atoms with Crippen molar-refractivity contribution in [2.75, 3.05) is 26.4 Å². The number of ether oxygens (including phenoxy) is 4. The van der Waals surface area contributed by atoms with Gasteiger partial charge in [0.05, 0.1) is 13.2 Å². The molecule has 0 aromatic carbocycles. The zero-order valence-corrected chi connectivity index (χ0v) is 21.3. The summed E-state index contributed by atoms with van der Waals surface area (Å²) in [5.41, 5.74) is -1.78. The second-order valence-electron chi connectivity index (χ2n) is 11.9. The van der Waals surface area contributed by atoms with Crippen LogP contribution in [0, 0.1) is 11.8 Å². The van der Waals surface area contributed by atoms with E-state index in [1.54, 1.807) is 0 Å². The van der Waals surface area contributed by atoms with E-state index in [4.69, 9.17) is 18.9 Å². The minimum atomic E-state index is -0.672. The highest BCUT2D eigenvalue weighted by molar-refractivity contribution is 5.71. The summed E-state index contributed by atoms with van der Waals surface area (Å²) in [4.78, 5) is 24.3. The molecular weight excluding hydrogens is 424 g/mol. The normalized spacial score (nSPS) is 29.2. The maximum absolute atomic E-state index is 12.2. The number of esters is 2. The first-order valence-electron chi connectivity index (χ1n) is 12.5. The number of hydrogen-bond donors (Lipinski definition) is 2. The molecule has 190 valence electrons. The summed E-state index contributed by atoms with van der Waals surface area (Å²) in [7, 11) is 0. The largest absolute Gasteiger partial charge is 0.458 e. The minimum absolute atomic E-state index is 0.129.